The van der Waals surface area contributed by atoms with Crippen LogP contribution in [0.15, 0.2) is 53.4 Å². The SMILES string of the molecule is COC[C@@H](C)NS(=O)(=O)c1ccc(C(=O)NNC(=O)c2ccc(F)cc2)cc1. The normalized spacial score (nSPS) is 12.2. The number of rotatable bonds is 7. The Hall–Kier alpha value is -2.82. The van der Waals surface area contributed by atoms with Crippen LogP contribution in [0.5, 0.6) is 0 Å². The molecule has 0 aliphatic carbocycles. The molecule has 0 fully saturated rings. The van der Waals surface area contributed by atoms with Crippen molar-refractivity contribution < 1.29 is 27.1 Å². The van der Waals surface area contributed by atoms with Gasteiger partial charge in [-0.05, 0) is 55.5 Å². The summed E-state index contributed by atoms with van der Waals surface area (Å²) < 4.78 is 44.7. The van der Waals surface area contributed by atoms with Crippen LogP contribution >= 0.6 is 0 Å². The maximum absolute atomic E-state index is 12.9. The lowest BCUT2D eigenvalue weighted by molar-refractivity contribution is 0.0846. The van der Waals surface area contributed by atoms with Crippen LogP contribution in [-0.2, 0) is 14.8 Å². The van der Waals surface area contributed by atoms with Crippen molar-refractivity contribution in [3.05, 3.63) is 65.5 Å². The molecular weight excluding hydrogens is 389 g/mol. The molecule has 0 spiro atoms. The molecule has 2 amide bonds. The van der Waals surface area contributed by atoms with Gasteiger partial charge in [0.1, 0.15) is 5.82 Å². The molecule has 10 heteroatoms. The van der Waals surface area contributed by atoms with E-state index in [1.165, 1.54) is 43.5 Å². The predicted octanol–water partition coefficient (Wildman–Crippen LogP) is 1.21. The first-order valence-corrected chi connectivity index (χ1v) is 9.69. The lowest BCUT2D eigenvalue weighted by Gasteiger charge is -2.13. The number of ether oxygens (including phenoxy) is 1. The minimum atomic E-state index is -3.75. The van der Waals surface area contributed by atoms with Crippen LogP contribution in [-0.4, -0.2) is 40.0 Å². The lowest BCUT2D eigenvalue weighted by Crippen LogP contribution is -2.41. The van der Waals surface area contributed by atoms with E-state index in [0.29, 0.717) is 0 Å². The summed E-state index contributed by atoms with van der Waals surface area (Å²) in [7, 11) is -2.29. The van der Waals surface area contributed by atoms with Gasteiger partial charge < -0.3 is 4.74 Å². The van der Waals surface area contributed by atoms with Crippen molar-refractivity contribution in [3.63, 3.8) is 0 Å². The number of methoxy groups -OCH3 is 1. The number of hydrazine groups is 1. The fourth-order valence-corrected chi connectivity index (χ4v) is 3.49. The molecule has 0 aliphatic heterocycles. The van der Waals surface area contributed by atoms with Crippen LogP contribution < -0.4 is 15.6 Å². The number of halogens is 1. The Morgan fingerprint density at radius 2 is 1.43 bits per heavy atom. The molecule has 0 radical (unpaired) electrons. The lowest BCUT2D eigenvalue weighted by atomic mass is 10.2. The minimum Gasteiger partial charge on any atom is -0.383 e. The highest BCUT2D eigenvalue weighted by molar-refractivity contribution is 7.89. The van der Waals surface area contributed by atoms with Crippen LogP contribution in [0.3, 0.4) is 0 Å². The molecule has 0 heterocycles. The number of hydrogen-bond donors (Lipinski definition) is 3. The summed E-state index contributed by atoms with van der Waals surface area (Å²) in [4.78, 5) is 24.0. The first kappa shape index (κ1) is 21.5. The van der Waals surface area contributed by atoms with E-state index in [4.69, 9.17) is 4.74 Å². The summed E-state index contributed by atoms with van der Waals surface area (Å²) in [5.74, 6) is -1.74. The average molecular weight is 409 g/mol. The molecule has 2 rings (SSSR count). The number of hydrogen-bond acceptors (Lipinski definition) is 5. The molecule has 3 N–H and O–H groups in total. The summed E-state index contributed by atoms with van der Waals surface area (Å²) in [6, 6.07) is 9.55. The summed E-state index contributed by atoms with van der Waals surface area (Å²) in [6.07, 6.45) is 0. The Morgan fingerprint density at radius 1 is 0.964 bits per heavy atom. The van der Waals surface area contributed by atoms with E-state index >= 15 is 0 Å². The van der Waals surface area contributed by atoms with Gasteiger partial charge in [-0.3, -0.25) is 20.4 Å². The molecular formula is C18H20FN3O5S. The fraction of sp³-hybridized carbons (Fsp3) is 0.222. The highest BCUT2D eigenvalue weighted by Gasteiger charge is 2.18. The number of carbonyl (C=O) groups is 2. The van der Waals surface area contributed by atoms with Gasteiger partial charge in [0.25, 0.3) is 11.8 Å². The van der Waals surface area contributed by atoms with Crippen molar-refractivity contribution in [3.8, 4) is 0 Å². The quantitative estimate of drug-likeness (QED) is 0.595. The molecule has 1 atom stereocenters. The Bertz CT molecular complexity index is 931. The van der Waals surface area contributed by atoms with E-state index in [9.17, 15) is 22.4 Å². The van der Waals surface area contributed by atoms with Gasteiger partial charge in [-0.25, -0.2) is 17.5 Å². The average Bonchev–Trinajstić information content (AvgIpc) is 2.66. The number of amides is 2. The van der Waals surface area contributed by atoms with E-state index in [2.05, 4.69) is 15.6 Å². The molecule has 0 saturated heterocycles. The van der Waals surface area contributed by atoms with Crippen molar-refractivity contribution in [1.29, 1.82) is 0 Å². The topological polar surface area (TPSA) is 114 Å². The zero-order valence-corrected chi connectivity index (χ0v) is 16.0. The fourth-order valence-electron chi connectivity index (χ4n) is 2.26. The van der Waals surface area contributed by atoms with Crippen LogP contribution in [0.25, 0.3) is 0 Å². The van der Waals surface area contributed by atoms with Crippen molar-refractivity contribution in [2.75, 3.05) is 13.7 Å². The first-order valence-electron chi connectivity index (χ1n) is 8.20. The maximum atomic E-state index is 12.9. The second-order valence-corrected chi connectivity index (χ2v) is 7.63. The summed E-state index contributed by atoms with van der Waals surface area (Å²) in [6.45, 7) is 1.88. The van der Waals surface area contributed by atoms with E-state index in [-0.39, 0.29) is 22.6 Å². The van der Waals surface area contributed by atoms with E-state index < -0.39 is 33.7 Å². The highest BCUT2D eigenvalue weighted by Crippen LogP contribution is 2.11. The molecule has 2 aromatic carbocycles. The molecule has 0 bridgehead atoms. The zero-order valence-electron chi connectivity index (χ0n) is 15.2. The zero-order chi connectivity index (χ0) is 20.7. The van der Waals surface area contributed by atoms with E-state index in [1.807, 2.05) is 0 Å². The van der Waals surface area contributed by atoms with Gasteiger partial charge in [0, 0.05) is 24.3 Å². The number of nitrogens with one attached hydrogen (secondary N) is 3. The van der Waals surface area contributed by atoms with E-state index in [0.717, 1.165) is 12.1 Å². The number of sulfonamides is 1. The summed E-state index contributed by atoms with van der Waals surface area (Å²) >= 11 is 0. The third-order valence-electron chi connectivity index (χ3n) is 3.60. The molecule has 0 saturated carbocycles. The Balaban J connectivity index is 1.97. The number of carbonyl (C=O) groups excluding carboxylic acids is 2. The molecule has 150 valence electrons. The first-order chi connectivity index (χ1) is 13.2. The predicted molar refractivity (Wildman–Crippen MR) is 99.4 cm³/mol. The van der Waals surface area contributed by atoms with Crippen LogP contribution in [0.2, 0.25) is 0 Å². The summed E-state index contributed by atoms with van der Waals surface area (Å²) in [5.41, 5.74) is 4.71. The minimum absolute atomic E-state index is 0.0117. The molecule has 8 nitrogen and oxygen atoms in total. The maximum Gasteiger partial charge on any atom is 0.269 e. The van der Waals surface area contributed by atoms with Crippen molar-refractivity contribution in [1.82, 2.24) is 15.6 Å². The van der Waals surface area contributed by atoms with Gasteiger partial charge in [0.2, 0.25) is 10.0 Å². The van der Waals surface area contributed by atoms with Crippen LogP contribution in [0.1, 0.15) is 27.6 Å². The van der Waals surface area contributed by atoms with Crippen LogP contribution in [0, 0.1) is 5.82 Å². The molecule has 0 unspecified atom stereocenters. The summed E-state index contributed by atoms with van der Waals surface area (Å²) in [5, 5.41) is 0. The third-order valence-corrected chi connectivity index (χ3v) is 5.20. The van der Waals surface area contributed by atoms with Gasteiger partial charge in [-0.1, -0.05) is 0 Å². The van der Waals surface area contributed by atoms with Gasteiger partial charge in [0.15, 0.2) is 0 Å². The van der Waals surface area contributed by atoms with Crippen LogP contribution in [0.4, 0.5) is 4.39 Å². The van der Waals surface area contributed by atoms with Gasteiger partial charge in [-0.2, -0.15) is 0 Å². The molecule has 28 heavy (non-hydrogen) atoms. The molecule has 2 aromatic rings. The number of benzene rings is 2. The Kier molecular flexibility index (Phi) is 7.21. The third kappa shape index (κ3) is 5.84. The van der Waals surface area contributed by atoms with Gasteiger partial charge in [-0.15, -0.1) is 0 Å². The molecule has 0 aromatic heterocycles. The largest absolute Gasteiger partial charge is 0.383 e. The van der Waals surface area contributed by atoms with Crippen molar-refractivity contribution in [2.24, 2.45) is 0 Å². The Labute approximate surface area is 162 Å². The van der Waals surface area contributed by atoms with E-state index in [1.54, 1.807) is 6.92 Å². The smallest absolute Gasteiger partial charge is 0.269 e. The van der Waals surface area contributed by atoms with Crippen molar-refractivity contribution in [2.45, 2.75) is 17.9 Å². The second kappa shape index (κ2) is 9.40. The Morgan fingerprint density at radius 3 is 1.89 bits per heavy atom. The van der Waals surface area contributed by atoms with Gasteiger partial charge in [0.05, 0.1) is 11.5 Å². The van der Waals surface area contributed by atoms with Gasteiger partial charge >= 0.3 is 0 Å². The second-order valence-electron chi connectivity index (χ2n) is 5.92. The van der Waals surface area contributed by atoms with Crippen molar-refractivity contribution >= 4 is 21.8 Å². The highest BCUT2D eigenvalue weighted by atomic mass is 32.2. The standard InChI is InChI=1S/C18H20FN3O5S/c1-12(11-27-2)22-28(25,26)16-9-5-14(6-10-16)18(24)21-20-17(23)13-3-7-15(19)8-4-13/h3-10,12,22H,11H2,1-2H3,(H,20,23)(H,21,24)/t12-/m1/s1. The molecule has 0 aliphatic rings. The monoisotopic (exact) mass is 409 g/mol.